The van der Waals surface area contributed by atoms with Crippen LogP contribution in [0.4, 0.5) is 13.2 Å². The van der Waals surface area contributed by atoms with Gasteiger partial charge in [0.15, 0.2) is 17.8 Å². The molecule has 0 saturated carbocycles. The van der Waals surface area contributed by atoms with Crippen molar-refractivity contribution in [3.05, 3.63) is 0 Å². The predicted octanol–water partition coefficient (Wildman–Crippen LogP) is 5.44. The van der Waals surface area contributed by atoms with Crippen molar-refractivity contribution in [1.29, 1.82) is 0 Å². The zero-order chi connectivity index (χ0) is 41.4. The maximum atomic E-state index is 12.8. The van der Waals surface area contributed by atoms with E-state index in [2.05, 4.69) is 20.7 Å². The summed E-state index contributed by atoms with van der Waals surface area (Å²) in [6.07, 6.45) is 11.7. The van der Waals surface area contributed by atoms with Crippen molar-refractivity contribution in [2.75, 3.05) is 80.1 Å². The molecule has 3 unspecified atom stereocenters. The van der Waals surface area contributed by atoms with Crippen LogP contribution in [-0.2, 0) is 42.9 Å². The van der Waals surface area contributed by atoms with Crippen LogP contribution in [-0.4, -0.2) is 128 Å². The molecule has 0 bridgehead atoms. The molecule has 0 aliphatic heterocycles. The number of halogens is 3. The first kappa shape index (κ1) is 54.9. The molecule has 0 radical (unpaired) electrons. The van der Waals surface area contributed by atoms with Crippen molar-refractivity contribution in [2.45, 2.75) is 141 Å². The van der Waals surface area contributed by atoms with E-state index >= 15 is 0 Å². The highest BCUT2D eigenvalue weighted by atomic mass is 19.4. The zero-order valence-electron chi connectivity index (χ0n) is 34.2. The van der Waals surface area contributed by atoms with E-state index in [0.717, 1.165) is 38.5 Å². The van der Waals surface area contributed by atoms with Crippen molar-refractivity contribution in [3.8, 4) is 0 Å². The molecule has 16 heteroatoms. The standard InChI is InChI=1S/C26H50N2O7.C13H24F3NO3/c1-27-25(31)22-34-21-20-33-19-17-28-26(32)24(30)16-14-12-10-8-6-4-2-3-5-7-9-11-13-15-18-35-23-29;1-4-5-19-6-7-20-9-11(18)8-12(10(2)17-3)13(14,15)16/h23,26,28,32H,2-22H2,1H3,(H,27,31);10,12,17H,4-9H2,1-3H3. The number of aliphatic hydroxyl groups excluding tert-OH is 1. The number of ketones is 2. The van der Waals surface area contributed by atoms with E-state index in [1.54, 1.807) is 7.05 Å². The molecular weight excluding hydrogens is 727 g/mol. The summed E-state index contributed by atoms with van der Waals surface area (Å²) in [5, 5.41) is 17.6. The second kappa shape index (κ2) is 40.0. The summed E-state index contributed by atoms with van der Waals surface area (Å²) >= 11 is 0. The van der Waals surface area contributed by atoms with E-state index in [0.29, 0.717) is 59.1 Å². The highest BCUT2D eigenvalue weighted by Crippen LogP contribution is 2.31. The molecule has 4 N–H and O–H groups in total. The van der Waals surface area contributed by atoms with E-state index in [1.165, 1.54) is 71.8 Å². The Morgan fingerprint density at radius 2 is 1.18 bits per heavy atom. The first-order valence-corrected chi connectivity index (χ1v) is 20.2. The molecule has 0 rings (SSSR count). The average Bonchev–Trinajstić information content (AvgIpc) is 3.16. The molecule has 0 aromatic rings. The van der Waals surface area contributed by atoms with Crippen molar-refractivity contribution >= 4 is 23.9 Å². The Morgan fingerprint density at radius 1 is 0.691 bits per heavy atom. The third-order valence-corrected chi connectivity index (χ3v) is 8.69. The maximum Gasteiger partial charge on any atom is 0.393 e. The minimum Gasteiger partial charge on any atom is -0.468 e. The fourth-order valence-electron chi connectivity index (χ4n) is 5.26. The lowest BCUT2D eigenvalue weighted by atomic mass is 9.94. The number of amides is 1. The molecule has 1 amide bonds. The highest BCUT2D eigenvalue weighted by molar-refractivity contribution is 5.82. The largest absolute Gasteiger partial charge is 0.468 e. The Kier molecular flexibility index (Phi) is 39.9. The minimum absolute atomic E-state index is 0.00925. The molecule has 326 valence electrons. The first-order valence-electron chi connectivity index (χ1n) is 20.2. The molecule has 13 nitrogen and oxygen atoms in total. The molecular formula is C39H74F3N3O10. The number of alkyl halides is 3. The second-order valence-electron chi connectivity index (χ2n) is 13.5. The SMILES string of the molecule is CCCOCCOCC(=O)CC(C(C)NC)C(F)(F)F.CNC(=O)COCCOCCNC(O)C(=O)CCCCCCCCCCCCCCCCOC=O. The molecule has 55 heavy (non-hydrogen) atoms. The second-order valence-corrected chi connectivity index (χ2v) is 13.5. The monoisotopic (exact) mass is 802 g/mol. The van der Waals surface area contributed by atoms with Gasteiger partial charge in [0.05, 0.1) is 45.6 Å². The van der Waals surface area contributed by atoms with Gasteiger partial charge >= 0.3 is 6.18 Å². The fourth-order valence-corrected chi connectivity index (χ4v) is 5.26. The maximum absolute atomic E-state index is 12.8. The zero-order valence-corrected chi connectivity index (χ0v) is 34.2. The molecule has 3 atom stereocenters. The molecule has 0 saturated heterocycles. The molecule has 0 aromatic heterocycles. The van der Waals surface area contributed by atoms with Gasteiger partial charge in [-0.05, 0) is 33.2 Å². The van der Waals surface area contributed by atoms with Gasteiger partial charge in [0.2, 0.25) is 5.91 Å². The van der Waals surface area contributed by atoms with Crippen LogP contribution in [0.5, 0.6) is 0 Å². The van der Waals surface area contributed by atoms with Crippen LogP contribution in [0, 0.1) is 5.92 Å². The Labute approximate surface area is 328 Å². The van der Waals surface area contributed by atoms with Crippen LogP contribution in [0.15, 0.2) is 0 Å². The van der Waals surface area contributed by atoms with E-state index in [9.17, 15) is 37.5 Å². The smallest absolute Gasteiger partial charge is 0.393 e. The molecule has 0 aliphatic carbocycles. The van der Waals surface area contributed by atoms with E-state index in [4.69, 9.17) is 18.9 Å². The van der Waals surface area contributed by atoms with Gasteiger partial charge in [-0.1, -0.05) is 84.0 Å². The summed E-state index contributed by atoms with van der Waals surface area (Å²) in [4.78, 5) is 44.5. The Balaban J connectivity index is 0. The van der Waals surface area contributed by atoms with Crippen LogP contribution in [0.2, 0.25) is 0 Å². The molecule has 0 aliphatic rings. The Hall–Kier alpha value is -2.21. The third kappa shape index (κ3) is 38.4. The van der Waals surface area contributed by atoms with Gasteiger partial charge < -0.3 is 39.4 Å². The Morgan fingerprint density at radius 3 is 1.67 bits per heavy atom. The van der Waals surface area contributed by atoms with Crippen molar-refractivity contribution in [2.24, 2.45) is 5.92 Å². The summed E-state index contributed by atoms with van der Waals surface area (Å²) in [5.74, 6) is -2.60. The number of rotatable bonds is 39. The van der Waals surface area contributed by atoms with Crippen molar-refractivity contribution in [1.82, 2.24) is 16.0 Å². The molecule has 0 spiro atoms. The van der Waals surface area contributed by atoms with Gasteiger partial charge in [-0.25, -0.2) is 0 Å². The van der Waals surface area contributed by atoms with Crippen molar-refractivity contribution in [3.63, 3.8) is 0 Å². The van der Waals surface area contributed by atoms with Gasteiger partial charge in [-0.2, -0.15) is 13.2 Å². The lowest BCUT2D eigenvalue weighted by Gasteiger charge is -2.25. The molecule has 0 fully saturated rings. The average molecular weight is 802 g/mol. The van der Waals surface area contributed by atoms with E-state index in [-0.39, 0.29) is 31.5 Å². The fraction of sp³-hybridized carbons (Fsp3) is 0.897. The lowest BCUT2D eigenvalue weighted by Crippen LogP contribution is -2.41. The number of likely N-dealkylation sites (N-methyl/N-ethyl adjacent to an activating group) is 1. The van der Waals surface area contributed by atoms with Gasteiger partial charge in [-0.3, -0.25) is 24.5 Å². The van der Waals surface area contributed by atoms with Gasteiger partial charge in [0, 0.05) is 39.1 Å². The predicted molar refractivity (Wildman–Crippen MR) is 206 cm³/mol. The molecule has 0 aromatic carbocycles. The molecule has 0 heterocycles. The summed E-state index contributed by atoms with van der Waals surface area (Å²) in [5.41, 5.74) is 0. The van der Waals surface area contributed by atoms with E-state index in [1.807, 2.05) is 6.92 Å². The number of Topliss-reactive ketones (excluding diaryl/α,β-unsaturated/α-hetero) is 2. The van der Waals surface area contributed by atoms with Crippen LogP contribution < -0.4 is 16.0 Å². The van der Waals surface area contributed by atoms with Gasteiger partial charge in [0.25, 0.3) is 6.47 Å². The number of carbonyl (C=O) groups is 4. The number of aliphatic hydroxyl groups is 1. The lowest BCUT2D eigenvalue weighted by molar-refractivity contribution is -0.185. The van der Waals surface area contributed by atoms with Crippen LogP contribution in [0.25, 0.3) is 0 Å². The highest BCUT2D eigenvalue weighted by Gasteiger charge is 2.43. The van der Waals surface area contributed by atoms with Crippen LogP contribution in [0.3, 0.4) is 0 Å². The summed E-state index contributed by atoms with van der Waals surface area (Å²) in [7, 11) is 2.99. The van der Waals surface area contributed by atoms with E-state index < -0.39 is 36.6 Å². The van der Waals surface area contributed by atoms with Gasteiger partial charge in [0.1, 0.15) is 13.2 Å². The number of unbranched alkanes of at least 4 members (excludes halogenated alkanes) is 13. The third-order valence-electron chi connectivity index (χ3n) is 8.69. The van der Waals surface area contributed by atoms with Crippen molar-refractivity contribution < 1.29 is 61.1 Å². The van der Waals surface area contributed by atoms with Crippen LogP contribution >= 0.6 is 0 Å². The van der Waals surface area contributed by atoms with Gasteiger partial charge in [-0.15, -0.1) is 0 Å². The topological polar surface area (TPSA) is 171 Å². The number of hydrogen-bond donors (Lipinski definition) is 4. The summed E-state index contributed by atoms with van der Waals surface area (Å²) in [6, 6.07) is -0.813. The summed E-state index contributed by atoms with van der Waals surface area (Å²) < 4.78 is 63.6. The number of nitrogens with one attached hydrogen (secondary N) is 3. The normalized spacial score (nSPS) is 13.0. The number of ether oxygens (including phenoxy) is 5. The number of hydrogen-bond acceptors (Lipinski definition) is 12. The number of carbonyl (C=O) groups excluding carboxylic acids is 4. The summed E-state index contributed by atoms with van der Waals surface area (Å²) in [6.45, 7) is 6.70. The quantitative estimate of drug-likeness (QED) is 0.0353. The Bertz CT molecular complexity index is 919. The van der Waals surface area contributed by atoms with Crippen LogP contribution in [0.1, 0.15) is 123 Å². The minimum atomic E-state index is -4.40. The first-order chi connectivity index (χ1) is 26.4.